The quantitative estimate of drug-likeness (QED) is 0.576. The number of nitrogens with zero attached hydrogens (tertiary/aromatic N) is 2. The maximum atomic E-state index is 12.1. The molecular formula is C17H13ClN2O3S2. The number of thioether (sulfide) groups is 1. The Morgan fingerprint density at radius 2 is 1.76 bits per heavy atom. The highest BCUT2D eigenvalue weighted by Gasteiger charge is 2.12. The van der Waals surface area contributed by atoms with Crippen LogP contribution in [0.2, 0.25) is 5.02 Å². The number of hydrogen-bond acceptors (Lipinski definition) is 6. The average Bonchev–Trinajstić information content (AvgIpc) is 3.09. The molecule has 128 valence electrons. The molecule has 3 aromatic rings. The third-order valence-corrected chi connectivity index (χ3v) is 5.74. The zero-order valence-corrected chi connectivity index (χ0v) is 15.3. The first-order valence-corrected chi connectivity index (χ1v) is 10.1. The summed E-state index contributed by atoms with van der Waals surface area (Å²) in [5.41, 5.74) is 0.658. The Kier molecular flexibility index (Phi) is 5.57. The summed E-state index contributed by atoms with van der Waals surface area (Å²) in [6.07, 6.45) is 1.55. The van der Waals surface area contributed by atoms with E-state index in [1.54, 1.807) is 48.5 Å². The van der Waals surface area contributed by atoms with Crippen LogP contribution < -0.4 is 0 Å². The summed E-state index contributed by atoms with van der Waals surface area (Å²) < 4.78 is 29.8. The largest absolute Gasteiger partial charge is 0.411 e. The van der Waals surface area contributed by atoms with Crippen molar-refractivity contribution in [2.45, 2.75) is 10.1 Å². The molecule has 0 N–H and O–H groups in total. The Morgan fingerprint density at radius 1 is 1.04 bits per heavy atom. The van der Waals surface area contributed by atoms with Gasteiger partial charge in [0, 0.05) is 11.2 Å². The minimum absolute atomic E-state index is 0.259. The normalized spacial score (nSPS) is 11.9. The predicted molar refractivity (Wildman–Crippen MR) is 98.2 cm³/mol. The van der Waals surface area contributed by atoms with E-state index in [4.69, 9.17) is 16.0 Å². The van der Waals surface area contributed by atoms with Crippen molar-refractivity contribution in [1.29, 1.82) is 0 Å². The third kappa shape index (κ3) is 4.50. The van der Waals surface area contributed by atoms with Gasteiger partial charge in [0.25, 0.3) is 5.22 Å². The van der Waals surface area contributed by atoms with Crippen molar-refractivity contribution in [3.63, 3.8) is 0 Å². The highest BCUT2D eigenvalue weighted by molar-refractivity contribution is 7.99. The van der Waals surface area contributed by atoms with Crippen molar-refractivity contribution in [2.24, 2.45) is 0 Å². The maximum absolute atomic E-state index is 12.1. The molecule has 0 radical (unpaired) electrons. The second-order valence-corrected chi connectivity index (χ2v) is 8.11. The fourth-order valence-corrected chi connectivity index (χ4v) is 3.94. The van der Waals surface area contributed by atoms with E-state index >= 15 is 0 Å². The summed E-state index contributed by atoms with van der Waals surface area (Å²) in [6.45, 7) is 0. The highest BCUT2D eigenvalue weighted by atomic mass is 35.5. The minimum Gasteiger partial charge on any atom is -0.411 e. The number of aromatic nitrogens is 2. The molecule has 3 rings (SSSR count). The van der Waals surface area contributed by atoms with Crippen LogP contribution in [-0.2, 0) is 9.84 Å². The van der Waals surface area contributed by atoms with Crippen molar-refractivity contribution >= 4 is 33.2 Å². The first-order valence-electron chi connectivity index (χ1n) is 7.24. The number of hydrogen-bond donors (Lipinski definition) is 0. The van der Waals surface area contributed by atoms with E-state index < -0.39 is 9.84 Å². The lowest BCUT2D eigenvalue weighted by Crippen LogP contribution is -1.95. The average molecular weight is 393 g/mol. The summed E-state index contributed by atoms with van der Waals surface area (Å²) >= 11 is 7.33. The molecule has 1 aromatic heterocycles. The van der Waals surface area contributed by atoms with Crippen LogP contribution in [-0.4, -0.2) is 24.4 Å². The van der Waals surface area contributed by atoms with Gasteiger partial charge in [-0.1, -0.05) is 59.8 Å². The Hall–Kier alpha value is -2.09. The van der Waals surface area contributed by atoms with Gasteiger partial charge in [0.2, 0.25) is 5.89 Å². The molecule has 0 saturated heterocycles. The summed E-state index contributed by atoms with van der Waals surface area (Å²) in [5.74, 6) is 0.713. The molecule has 2 aromatic carbocycles. The van der Waals surface area contributed by atoms with Gasteiger partial charge in [-0.15, -0.1) is 10.2 Å². The molecule has 0 saturated carbocycles. The maximum Gasteiger partial charge on any atom is 0.277 e. The Balaban J connectivity index is 1.63. The first kappa shape index (κ1) is 17.7. The van der Waals surface area contributed by atoms with E-state index in [1.165, 1.54) is 17.2 Å². The van der Waals surface area contributed by atoms with Gasteiger partial charge in [0.1, 0.15) is 0 Å². The molecule has 0 aliphatic carbocycles. The van der Waals surface area contributed by atoms with E-state index in [9.17, 15) is 8.42 Å². The van der Waals surface area contributed by atoms with Gasteiger partial charge in [-0.2, -0.15) is 0 Å². The molecule has 0 aliphatic heterocycles. The Labute approximate surface area is 154 Å². The Morgan fingerprint density at radius 3 is 2.52 bits per heavy atom. The van der Waals surface area contributed by atoms with Gasteiger partial charge in [0.15, 0.2) is 9.84 Å². The van der Waals surface area contributed by atoms with Crippen molar-refractivity contribution < 1.29 is 12.8 Å². The molecular weight excluding hydrogens is 380 g/mol. The summed E-state index contributed by atoms with van der Waals surface area (Å²) in [7, 11) is -3.44. The van der Waals surface area contributed by atoms with Crippen LogP contribution in [0.1, 0.15) is 0 Å². The van der Waals surface area contributed by atoms with Crippen LogP contribution in [0.3, 0.4) is 0 Å². The van der Waals surface area contributed by atoms with Crippen molar-refractivity contribution in [2.75, 3.05) is 5.75 Å². The molecule has 0 unspecified atom stereocenters. The van der Waals surface area contributed by atoms with Crippen molar-refractivity contribution in [3.05, 3.63) is 71.1 Å². The van der Waals surface area contributed by atoms with Crippen LogP contribution in [0.25, 0.3) is 11.5 Å². The Bertz CT molecular complexity index is 986. The van der Waals surface area contributed by atoms with E-state index in [0.717, 1.165) is 0 Å². The van der Waals surface area contributed by atoms with Crippen LogP contribution in [0, 0.1) is 0 Å². The molecule has 0 amide bonds. The van der Waals surface area contributed by atoms with Gasteiger partial charge in [-0.25, -0.2) is 8.42 Å². The predicted octanol–water partition coefficient (Wildman–Crippen LogP) is 4.47. The van der Waals surface area contributed by atoms with E-state index in [-0.39, 0.29) is 4.90 Å². The number of sulfone groups is 1. The van der Waals surface area contributed by atoms with Crippen LogP contribution in [0.15, 0.2) is 80.6 Å². The van der Waals surface area contributed by atoms with Crippen LogP contribution in [0.4, 0.5) is 0 Å². The van der Waals surface area contributed by atoms with Crippen LogP contribution in [0.5, 0.6) is 0 Å². The van der Waals surface area contributed by atoms with Crippen molar-refractivity contribution in [3.8, 4) is 11.5 Å². The molecule has 0 atom stereocenters. The molecule has 0 fully saturated rings. The monoisotopic (exact) mass is 392 g/mol. The molecule has 0 aliphatic rings. The van der Waals surface area contributed by atoms with Gasteiger partial charge < -0.3 is 4.42 Å². The molecule has 0 bridgehead atoms. The minimum atomic E-state index is -3.44. The summed E-state index contributed by atoms with van der Waals surface area (Å²) in [6, 6.07) is 15.4. The molecule has 1 heterocycles. The smallest absolute Gasteiger partial charge is 0.277 e. The topological polar surface area (TPSA) is 73.1 Å². The summed E-state index contributed by atoms with van der Waals surface area (Å²) in [4.78, 5) is 0.259. The second kappa shape index (κ2) is 7.86. The standard InChI is InChI=1S/C17H13ClN2O3S2/c18-15-10-5-4-9-14(15)16-19-20-17(23-16)24-11-6-12-25(21,22)13-7-2-1-3-8-13/h1-10,12H,11H2/b12-6+. The zero-order valence-electron chi connectivity index (χ0n) is 12.9. The molecule has 8 heteroatoms. The molecule has 0 spiro atoms. The number of rotatable bonds is 6. The summed E-state index contributed by atoms with van der Waals surface area (Å²) in [5, 5.41) is 9.94. The first-order chi connectivity index (χ1) is 12.1. The van der Waals surface area contributed by atoms with Crippen LogP contribution >= 0.6 is 23.4 Å². The zero-order chi connectivity index (χ0) is 17.7. The van der Waals surface area contributed by atoms with Gasteiger partial charge in [-0.3, -0.25) is 0 Å². The fraction of sp³-hybridized carbons (Fsp3) is 0.0588. The van der Waals surface area contributed by atoms with E-state index in [1.807, 2.05) is 12.1 Å². The van der Waals surface area contributed by atoms with Gasteiger partial charge in [0.05, 0.1) is 15.5 Å². The van der Waals surface area contributed by atoms with Gasteiger partial charge in [-0.05, 0) is 24.3 Å². The van der Waals surface area contributed by atoms with E-state index in [2.05, 4.69) is 10.2 Å². The lowest BCUT2D eigenvalue weighted by molar-refractivity contribution is 0.466. The fourth-order valence-electron chi connectivity index (χ4n) is 1.99. The van der Waals surface area contributed by atoms with E-state index in [0.29, 0.717) is 27.5 Å². The third-order valence-electron chi connectivity index (χ3n) is 3.16. The number of benzene rings is 2. The SMILES string of the molecule is O=S(=O)(/C=C/CSc1nnc(-c2ccccc2Cl)o1)c1ccccc1. The van der Waals surface area contributed by atoms with Gasteiger partial charge >= 0.3 is 0 Å². The highest BCUT2D eigenvalue weighted by Crippen LogP contribution is 2.28. The molecule has 25 heavy (non-hydrogen) atoms. The molecule has 5 nitrogen and oxygen atoms in total. The number of halogens is 1. The second-order valence-electron chi connectivity index (χ2n) is 4.89. The van der Waals surface area contributed by atoms with Crippen molar-refractivity contribution in [1.82, 2.24) is 10.2 Å². The lowest BCUT2D eigenvalue weighted by atomic mass is 10.2. The lowest BCUT2D eigenvalue weighted by Gasteiger charge is -1.97.